The van der Waals surface area contributed by atoms with Gasteiger partial charge in [0, 0.05) is 7.05 Å². The molecule has 0 aliphatic heterocycles. The van der Waals surface area contributed by atoms with E-state index in [9.17, 15) is 4.79 Å². The highest BCUT2D eigenvalue weighted by atomic mass is 32.2. The molecule has 0 heterocycles. The summed E-state index contributed by atoms with van der Waals surface area (Å²) < 4.78 is 3.67. The number of urea groups is 1. The van der Waals surface area contributed by atoms with E-state index in [0.29, 0.717) is 0 Å². The first-order valence-electron chi connectivity index (χ1n) is 4.18. The molecule has 12 heavy (non-hydrogen) atoms. The van der Waals surface area contributed by atoms with E-state index < -0.39 is 0 Å². The van der Waals surface area contributed by atoms with Crippen LogP contribution < -0.4 is 5.32 Å². The lowest BCUT2D eigenvalue weighted by Gasteiger charge is -1.89. The molecule has 2 amide bonds. The first-order chi connectivity index (χ1) is 5.66. The summed E-state index contributed by atoms with van der Waals surface area (Å²) in [4.78, 5) is 10.4. The van der Waals surface area contributed by atoms with Gasteiger partial charge in [-0.25, -0.2) is 4.79 Å². The zero-order valence-electron chi connectivity index (χ0n) is 9.26. The van der Waals surface area contributed by atoms with Gasteiger partial charge in [0.2, 0.25) is 0 Å². The molecule has 0 unspecified atom stereocenters. The van der Waals surface area contributed by atoms with Gasteiger partial charge in [0.25, 0.3) is 0 Å². The van der Waals surface area contributed by atoms with Crippen molar-refractivity contribution < 1.29 is 4.79 Å². The van der Waals surface area contributed by atoms with Crippen molar-refractivity contribution in [2.75, 3.05) is 19.6 Å². The van der Waals surface area contributed by atoms with Gasteiger partial charge in [0.1, 0.15) is 0 Å². The largest absolute Gasteiger partial charge is 0.346 e. The molecule has 0 aromatic rings. The van der Waals surface area contributed by atoms with Crippen molar-refractivity contribution in [3.63, 3.8) is 0 Å². The Morgan fingerprint density at radius 3 is 1.58 bits per heavy atom. The predicted molar refractivity (Wildman–Crippen MR) is 58.8 cm³/mol. The molecule has 0 aromatic carbocycles. The lowest BCUT2D eigenvalue weighted by atomic mass is 11.0. The van der Waals surface area contributed by atoms with Crippen molar-refractivity contribution in [2.24, 2.45) is 4.36 Å². The number of amides is 2. The topological polar surface area (TPSA) is 41.5 Å². The van der Waals surface area contributed by atoms with E-state index in [-0.39, 0.29) is 16.7 Å². The van der Waals surface area contributed by atoms with Gasteiger partial charge in [-0.3, -0.25) is 0 Å². The summed E-state index contributed by atoms with van der Waals surface area (Å²) in [6.45, 7) is 8.00. The fraction of sp³-hybridized carbons (Fsp3) is 0.875. The Morgan fingerprint density at radius 2 is 1.50 bits per heavy atom. The third kappa shape index (κ3) is 22.6. The van der Waals surface area contributed by atoms with Gasteiger partial charge in [-0.15, -0.1) is 0 Å². The van der Waals surface area contributed by atoms with Crippen LogP contribution in [0.2, 0.25) is 0 Å². The molecule has 0 aliphatic carbocycles. The van der Waals surface area contributed by atoms with E-state index in [1.54, 1.807) is 7.05 Å². The van der Waals surface area contributed by atoms with Crippen LogP contribution in [0, 0.1) is 0 Å². The van der Waals surface area contributed by atoms with Gasteiger partial charge < -0.3 is 5.32 Å². The maximum absolute atomic E-state index is 10.4. The lowest BCUT2D eigenvalue weighted by Crippen LogP contribution is -2.13. The van der Waals surface area contributed by atoms with E-state index in [2.05, 4.69) is 9.68 Å². The lowest BCUT2D eigenvalue weighted by molar-refractivity contribution is 0.251. The van der Waals surface area contributed by atoms with E-state index in [4.69, 9.17) is 0 Å². The SMILES string of the molecule is CC.CC.CNC(=O)N=S(C)C. The number of nitrogens with zero attached hydrogens (tertiary/aromatic N) is 1. The normalized spacial score (nSPS) is 7.00. The Hall–Kier alpha value is -0.380. The molecule has 0 saturated heterocycles. The molecule has 0 bridgehead atoms. The predicted octanol–water partition coefficient (Wildman–Crippen LogP) is 2.44. The number of hydrogen-bond acceptors (Lipinski definition) is 1. The molecule has 0 aromatic heterocycles. The van der Waals surface area contributed by atoms with Crippen molar-refractivity contribution in [3.05, 3.63) is 0 Å². The molecule has 0 atom stereocenters. The zero-order chi connectivity index (χ0) is 10.6. The van der Waals surface area contributed by atoms with Crippen molar-refractivity contribution in [1.29, 1.82) is 0 Å². The summed E-state index contributed by atoms with van der Waals surface area (Å²) in [5.41, 5.74) is 0. The Balaban J connectivity index is -0.000000175. The van der Waals surface area contributed by atoms with Crippen molar-refractivity contribution in [1.82, 2.24) is 5.32 Å². The quantitative estimate of drug-likeness (QED) is 0.632. The fourth-order valence-electron chi connectivity index (χ4n) is 0.211. The van der Waals surface area contributed by atoms with Gasteiger partial charge in [0.05, 0.1) is 0 Å². The second-order valence-electron chi connectivity index (χ2n) is 1.42. The minimum atomic E-state index is -0.238. The zero-order valence-corrected chi connectivity index (χ0v) is 10.1. The van der Waals surface area contributed by atoms with Crippen LogP contribution in [0.25, 0.3) is 0 Å². The van der Waals surface area contributed by atoms with E-state index in [1.807, 2.05) is 40.2 Å². The Morgan fingerprint density at radius 1 is 1.17 bits per heavy atom. The molecule has 0 aliphatic rings. The highest BCUT2D eigenvalue weighted by Gasteiger charge is 1.87. The first-order valence-corrected chi connectivity index (χ1v) is 6.17. The van der Waals surface area contributed by atoms with Gasteiger partial charge in [-0.1, -0.05) is 38.4 Å². The van der Waals surface area contributed by atoms with Crippen LogP contribution in [-0.2, 0) is 10.7 Å². The summed E-state index contributed by atoms with van der Waals surface area (Å²) in [6, 6.07) is -0.238. The molecule has 0 radical (unpaired) electrons. The van der Waals surface area contributed by atoms with Gasteiger partial charge >= 0.3 is 6.03 Å². The molecule has 0 saturated carbocycles. The molecular weight excluding hydrogens is 172 g/mol. The van der Waals surface area contributed by atoms with Crippen molar-refractivity contribution in [2.45, 2.75) is 27.7 Å². The molecule has 0 rings (SSSR count). The van der Waals surface area contributed by atoms with Crippen LogP contribution in [0.15, 0.2) is 4.36 Å². The Labute approximate surface area is 79.0 Å². The standard InChI is InChI=1S/C4H10N2OS.2C2H6/c1-5-4(7)6-8(2)3;2*1-2/h1-3H3,(H,5,7);2*1-2H3. The molecular formula is C8H22N2OS. The summed E-state index contributed by atoms with van der Waals surface area (Å²) >= 11 is 0. The summed E-state index contributed by atoms with van der Waals surface area (Å²) in [6.07, 6.45) is 3.77. The monoisotopic (exact) mass is 194 g/mol. The Kier molecular flexibility index (Phi) is 24.9. The fourth-order valence-corrected chi connectivity index (χ4v) is 0.634. The molecule has 1 N–H and O–H groups in total. The van der Waals surface area contributed by atoms with Gasteiger partial charge in [-0.05, 0) is 12.5 Å². The van der Waals surface area contributed by atoms with Gasteiger partial charge in [0.15, 0.2) is 0 Å². The third-order valence-corrected chi connectivity index (χ3v) is 1.01. The highest BCUT2D eigenvalue weighted by molar-refractivity contribution is 7.86. The number of carbonyl (C=O) groups is 1. The average molecular weight is 194 g/mol. The third-order valence-electron chi connectivity index (χ3n) is 0.479. The van der Waals surface area contributed by atoms with E-state index in [1.165, 1.54) is 0 Å². The maximum Gasteiger partial charge on any atom is 0.346 e. The summed E-state index contributed by atoms with van der Waals surface area (Å²) in [5, 5.41) is 2.40. The summed E-state index contributed by atoms with van der Waals surface area (Å²) in [7, 11) is 1.44. The second kappa shape index (κ2) is 16.9. The number of carbonyl (C=O) groups excluding carboxylic acids is 1. The molecule has 76 valence electrons. The minimum Gasteiger partial charge on any atom is -0.339 e. The van der Waals surface area contributed by atoms with Crippen LogP contribution in [0.4, 0.5) is 4.79 Å². The second-order valence-corrected chi connectivity index (χ2v) is 3.15. The van der Waals surface area contributed by atoms with Crippen molar-refractivity contribution >= 4 is 16.7 Å². The van der Waals surface area contributed by atoms with Crippen LogP contribution >= 0.6 is 0 Å². The number of nitrogens with one attached hydrogen (secondary N) is 1. The number of hydrogen-bond donors (Lipinski definition) is 1. The van der Waals surface area contributed by atoms with E-state index in [0.717, 1.165) is 0 Å². The van der Waals surface area contributed by atoms with Crippen molar-refractivity contribution in [3.8, 4) is 0 Å². The first kappa shape index (κ1) is 17.6. The average Bonchev–Trinajstić information content (AvgIpc) is 2.10. The summed E-state index contributed by atoms with van der Waals surface area (Å²) in [5.74, 6) is 0. The highest BCUT2D eigenvalue weighted by Crippen LogP contribution is 1.76. The minimum absolute atomic E-state index is 0.133. The number of rotatable bonds is 0. The molecule has 3 nitrogen and oxygen atoms in total. The smallest absolute Gasteiger partial charge is 0.339 e. The van der Waals surface area contributed by atoms with E-state index >= 15 is 0 Å². The van der Waals surface area contributed by atoms with Gasteiger partial charge in [-0.2, -0.15) is 4.36 Å². The molecule has 4 heteroatoms. The van der Waals surface area contributed by atoms with Crippen LogP contribution in [0.3, 0.4) is 0 Å². The molecule has 0 spiro atoms. The van der Waals surface area contributed by atoms with Crippen LogP contribution in [0.1, 0.15) is 27.7 Å². The van der Waals surface area contributed by atoms with Crippen LogP contribution in [0.5, 0.6) is 0 Å². The Bertz CT molecular complexity index is 120. The maximum atomic E-state index is 10.4. The van der Waals surface area contributed by atoms with Crippen LogP contribution in [-0.4, -0.2) is 25.6 Å². The molecule has 0 fully saturated rings.